The van der Waals surface area contributed by atoms with Crippen molar-refractivity contribution in [1.82, 2.24) is 0 Å². The molecule has 0 aliphatic heterocycles. The molecule has 0 atom stereocenters. The molecule has 0 spiro atoms. The third-order valence-electron chi connectivity index (χ3n) is 2.12. The van der Waals surface area contributed by atoms with Crippen molar-refractivity contribution in [3.63, 3.8) is 0 Å². The van der Waals surface area contributed by atoms with Crippen molar-refractivity contribution in [3.8, 4) is 0 Å². The van der Waals surface area contributed by atoms with Gasteiger partial charge in [-0.3, -0.25) is 0 Å². The van der Waals surface area contributed by atoms with E-state index in [1.54, 1.807) is 11.8 Å². The monoisotopic (exact) mass is 189 g/mol. The molecule has 2 aromatic carbocycles. The van der Waals surface area contributed by atoms with Crippen molar-refractivity contribution in [2.75, 3.05) is 12.0 Å². The van der Waals surface area contributed by atoms with Crippen LogP contribution in [0.15, 0.2) is 41.3 Å². The summed E-state index contributed by atoms with van der Waals surface area (Å²) in [5.74, 6) is 0. The molecule has 1 nitrogen and oxygen atoms in total. The van der Waals surface area contributed by atoms with E-state index in [0.717, 1.165) is 5.69 Å². The second kappa shape index (κ2) is 3.30. The van der Waals surface area contributed by atoms with Gasteiger partial charge in [0.05, 0.1) is 0 Å². The fourth-order valence-corrected chi connectivity index (χ4v) is 2.16. The Balaban J connectivity index is 2.87. The zero-order chi connectivity index (χ0) is 9.26. The van der Waals surface area contributed by atoms with Crippen LogP contribution in [0.3, 0.4) is 0 Å². The molecule has 0 amide bonds. The largest absolute Gasteiger partial charge is 0.398 e. The maximum atomic E-state index is 5.92. The lowest BCUT2D eigenvalue weighted by molar-refractivity contribution is 1.55. The highest BCUT2D eigenvalue weighted by atomic mass is 32.2. The van der Waals surface area contributed by atoms with Crippen LogP contribution in [0.2, 0.25) is 0 Å². The molecule has 66 valence electrons. The van der Waals surface area contributed by atoms with E-state index in [-0.39, 0.29) is 0 Å². The van der Waals surface area contributed by atoms with Gasteiger partial charge < -0.3 is 5.73 Å². The number of rotatable bonds is 1. The number of hydrogen-bond donors (Lipinski definition) is 1. The summed E-state index contributed by atoms with van der Waals surface area (Å²) in [5.41, 5.74) is 6.78. The third-order valence-corrected chi connectivity index (χ3v) is 2.90. The van der Waals surface area contributed by atoms with Crippen LogP contribution >= 0.6 is 11.8 Å². The van der Waals surface area contributed by atoms with E-state index in [0.29, 0.717) is 0 Å². The van der Waals surface area contributed by atoms with Gasteiger partial charge in [0.15, 0.2) is 0 Å². The maximum Gasteiger partial charge on any atom is 0.0405 e. The molecular formula is C11H11NS. The molecule has 0 radical (unpaired) electrons. The maximum absolute atomic E-state index is 5.92. The number of fused-ring (bicyclic) bond motifs is 1. The lowest BCUT2D eigenvalue weighted by atomic mass is 10.1. The Labute approximate surface area is 81.9 Å². The molecule has 0 fully saturated rings. The molecular weight excluding hydrogens is 178 g/mol. The number of hydrogen-bond acceptors (Lipinski definition) is 2. The van der Waals surface area contributed by atoms with Crippen LogP contribution in [0.25, 0.3) is 10.8 Å². The second-order valence-electron chi connectivity index (χ2n) is 2.91. The average Bonchev–Trinajstić information content (AvgIpc) is 2.17. The van der Waals surface area contributed by atoms with Crippen LogP contribution in [-0.4, -0.2) is 6.26 Å². The number of anilines is 1. The average molecular weight is 189 g/mol. The lowest BCUT2D eigenvalue weighted by Crippen LogP contribution is -1.87. The van der Waals surface area contributed by atoms with Crippen LogP contribution in [0, 0.1) is 0 Å². The minimum absolute atomic E-state index is 0.863. The number of nitrogen functional groups attached to an aromatic ring is 1. The summed E-state index contributed by atoms with van der Waals surface area (Å²) in [6.45, 7) is 0. The zero-order valence-corrected chi connectivity index (χ0v) is 8.27. The topological polar surface area (TPSA) is 26.0 Å². The van der Waals surface area contributed by atoms with Gasteiger partial charge in [0.25, 0.3) is 0 Å². The Kier molecular flexibility index (Phi) is 2.15. The third kappa shape index (κ3) is 1.38. The van der Waals surface area contributed by atoms with E-state index in [9.17, 15) is 0 Å². The first kappa shape index (κ1) is 8.45. The van der Waals surface area contributed by atoms with Gasteiger partial charge in [-0.25, -0.2) is 0 Å². The minimum atomic E-state index is 0.863. The fraction of sp³-hybridized carbons (Fsp3) is 0.0909. The van der Waals surface area contributed by atoms with Crippen LogP contribution < -0.4 is 5.73 Å². The van der Waals surface area contributed by atoms with E-state index in [1.807, 2.05) is 12.1 Å². The summed E-state index contributed by atoms with van der Waals surface area (Å²) in [6.07, 6.45) is 2.07. The molecule has 0 heterocycles. The zero-order valence-electron chi connectivity index (χ0n) is 7.45. The minimum Gasteiger partial charge on any atom is -0.398 e. The Hall–Kier alpha value is -1.15. The van der Waals surface area contributed by atoms with Gasteiger partial charge in [-0.1, -0.05) is 24.3 Å². The Morgan fingerprint density at radius 3 is 2.46 bits per heavy atom. The van der Waals surface area contributed by atoms with Gasteiger partial charge in [0.1, 0.15) is 0 Å². The Bertz CT molecular complexity index is 432. The van der Waals surface area contributed by atoms with Crippen molar-refractivity contribution >= 4 is 28.2 Å². The molecule has 2 aromatic rings. The van der Waals surface area contributed by atoms with E-state index < -0.39 is 0 Å². The van der Waals surface area contributed by atoms with E-state index in [2.05, 4.69) is 30.5 Å². The molecule has 0 aromatic heterocycles. The second-order valence-corrected chi connectivity index (χ2v) is 3.75. The first-order valence-electron chi connectivity index (χ1n) is 4.14. The molecule has 2 heteroatoms. The summed E-state index contributed by atoms with van der Waals surface area (Å²) in [6, 6.07) is 12.3. The fourth-order valence-electron chi connectivity index (χ4n) is 1.50. The highest BCUT2D eigenvalue weighted by Crippen LogP contribution is 2.30. The van der Waals surface area contributed by atoms with Gasteiger partial charge in [-0.2, -0.15) is 0 Å². The predicted molar refractivity (Wildman–Crippen MR) is 60.1 cm³/mol. The Morgan fingerprint density at radius 1 is 1.08 bits per heavy atom. The predicted octanol–water partition coefficient (Wildman–Crippen LogP) is 3.14. The van der Waals surface area contributed by atoms with Gasteiger partial charge >= 0.3 is 0 Å². The molecule has 0 saturated heterocycles. The van der Waals surface area contributed by atoms with Crippen molar-refractivity contribution < 1.29 is 0 Å². The van der Waals surface area contributed by atoms with Gasteiger partial charge in [-0.05, 0) is 23.8 Å². The van der Waals surface area contributed by atoms with Crippen molar-refractivity contribution in [2.24, 2.45) is 0 Å². The number of nitrogens with two attached hydrogens (primary N) is 1. The first-order valence-corrected chi connectivity index (χ1v) is 5.36. The summed E-state index contributed by atoms with van der Waals surface area (Å²) in [4.78, 5) is 1.25. The first-order chi connectivity index (χ1) is 6.33. The quantitative estimate of drug-likeness (QED) is 0.551. The number of thioether (sulfide) groups is 1. The van der Waals surface area contributed by atoms with Crippen LogP contribution in [-0.2, 0) is 0 Å². The van der Waals surface area contributed by atoms with Crippen molar-refractivity contribution in [1.29, 1.82) is 0 Å². The molecule has 2 rings (SSSR count). The smallest absolute Gasteiger partial charge is 0.0405 e. The van der Waals surface area contributed by atoms with Gasteiger partial charge in [0, 0.05) is 16.0 Å². The molecule has 0 aliphatic rings. The summed E-state index contributed by atoms with van der Waals surface area (Å²) in [7, 11) is 0. The van der Waals surface area contributed by atoms with Gasteiger partial charge in [-0.15, -0.1) is 11.8 Å². The summed E-state index contributed by atoms with van der Waals surface area (Å²) < 4.78 is 0. The van der Waals surface area contributed by atoms with Crippen molar-refractivity contribution in [3.05, 3.63) is 36.4 Å². The summed E-state index contributed by atoms with van der Waals surface area (Å²) >= 11 is 1.73. The van der Waals surface area contributed by atoms with E-state index in [4.69, 9.17) is 5.73 Å². The lowest BCUT2D eigenvalue weighted by Gasteiger charge is -2.05. The van der Waals surface area contributed by atoms with E-state index in [1.165, 1.54) is 15.7 Å². The normalized spacial score (nSPS) is 10.5. The highest BCUT2D eigenvalue weighted by Gasteiger charge is 2.01. The van der Waals surface area contributed by atoms with Crippen LogP contribution in [0.5, 0.6) is 0 Å². The molecule has 0 bridgehead atoms. The molecule has 13 heavy (non-hydrogen) atoms. The van der Waals surface area contributed by atoms with Crippen LogP contribution in [0.1, 0.15) is 0 Å². The Morgan fingerprint density at radius 2 is 1.77 bits per heavy atom. The van der Waals surface area contributed by atoms with Gasteiger partial charge in [0.2, 0.25) is 0 Å². The number of benzene rings is 2. The van der Waals surface area contributed by atoms with Crippen molar-refractivity contribution in [2.45, 2.75) is 4.90 Å². The highest BCUT2D eigenvalue weighted by molar-refractivity contribution is 7.98. The van der Waals surface area contributed by atoms with Crippen LogP contribution in [0.4, 0.5) is 5.69 Å². The molecule has 0 saturated carbocycles. The summed E-state index contributed by atoms with van der Waals surface area (Å²) in [5, 5.41) is 2.39. The standard InChI is InChI=1S/C11H11NS/c1-13-10-7-3-5-8-4-2-6-9(12)11(8)10/h2-7H,12H2,1H3. The SMILES string of the molecule is CSc1cccc2cccc(N)c12. The molecule has 2 N–H and O–H groups in total. The molecule has 0 unspecified atom stereocenters. The van der Waals surface area contributed by atoms with E-state index >= 15 is 0 Å². The molecule has 0 aliphatic carbocycles.